The van der Waals surface area contributed by atoms with Crippen LogP contribution in [0.4, 0.5) is 0 Å². The van der Waals surface area contributed by atoms with Gasteiger partial charge in [-0.2, -0.15) is 0 Å². The Morgan fingerprint density at radius 1 is 1.30 bits per heavy atom. The summed E-state index contributed by atoms with van der Waals surface area (Å²) in [6.45, 7) is 3.27. The Hall–Kier alpha value is -2.64. The predicted octanol–water partition coefficient (Wildman–Crippen LogP) is 3.58. The number of carbonyl (C=O) groups excluding carboxylic acids is 2. The van der Waals surface area contributed by atoms with Crippen LogP contribution in [0.3, 0.4) is 0 Å². The van der Waals surface area contributed by atoms with E-state index >= 15 is 0 Å². The van der Waals surface area contributed by atoms with Gasteiger partial charge < -0.3 is 15.0 Å². The Labute approximate surface area is 180 Å². The van der Waals surface area contributed by atoms with Crippen molar-refractivity contribution in [2.24, 2.45) is 0 Å². The normalized spacial score (nSPS) is 17.9. The fraction of sp³-hybridized carbons (Fsp3) is 0.391. The van der Waals surface area contributed by atoms with Gasteiger partial charge in [-0.1, -0.05) is 18.2 Å². The minimum Gasteiger partial charge on any atom is -0.467 e. The van der Waals surface area contributed by atoms with Crippen LogP contribution >= 0.6 is 11.3 Å². The lowest BCUT2D eigenvalue weighted by atomic mass is 10.0. The predicted molar refractivity (Wildman–Crippen MR) is 119 cm³/mol. The number of benzene rings is 1. The molecular formula is C23H27N3O3S. The van der Waals surface area contributed by atoms with Crippen molar-refractivity contribution in [2.75, 3.05) is 20.2 Å². The SMILES string of the molecule is COC(=O)C(Cc1c[nH]c2ccccc12)NC(=O)CN1CCCC1c1ccc(C)s1. The number of nitrogens with zero attached hydrogens (tertiary/aromatic N) is 1. The molecule has 1 fully saturated rings. The molecule has 0 saturated carbocycles. The number of esters is 1. The molecule has 2 unspecified atom stereocenters. The molecule has 4 rings (SSSR count). The lowest BCUT2D eigenvalue weighted by Crippen LogP contribution is -2.47. The third-order valence-electron chi connectivity index (χ3n) is 5.72. The topological polar surface area (TPSA) is 74.4 Å². The zero-order valence-corrected chi connectivity index (χ0v) is 18.1. The molecule has 2 atom stereocenters. The Kier molecular flexibility index (Phi) is 6.20. The number of nitrogens with one attached hydrogen (secondary N) is 2. The smallest absolute Gasteiger partial charge is 0.328 e. The molecule has 2 N–H and O–H groups in total. The maximum absolute atomic E-state index is 12.8. The minimum atomic E-state index is -0.716. The molecule has 6 nitrogen and oxygen atoms in total. The molecule has 0 spiro atoms. The van der Waals surface area contributed by atoms with Crippen molar-refractivity contribution in [3.63, 3.8) is 0 Å². The number of hydrogen-bond acceptors (Lipinski definition) is 5. The standard InChI is InChI=1S/C23H27N3O3S/c1-15-9-10-21(30-15)20-8-5-11-26(20)14-22(27)25-19(23(28)29-2)12-16-13-24-18-7-4-3-6-17(16)18/h3-4,6-7,9-10,13,19-20,24H,5,8,11-12,14H2,1-2H3,(H,25,27). The molecule has 30 heavy (non-hydrogen) atoms. The van der Waals surface area contributed by atoms with Crippen LogP contribution in [0.1, 0.15) is 34.2 Å². The van der Waals surface area contributed by atoms with Crippen molar-refractivity contribution >= 4 is 34.1 Å². The number of carbonyl (C=O) groups is 2. The molecule has 2 aromatic heterocycles. The second-order valence-electron chi connectivity index (χ2n) is 7.78. The summed E-state index contributed by atoms with van der Waals surface area (Å²) in [5, 5.41) is 3.96. The first-order valence-electron chi connectivity index (χ1n) is 10.3. The van der Waals surface area contributed by atoms with Crippen LogP contribution in [-0.2, 0) is 20.7 Å². The monoisotopic (exact) mass is 425 g/mol. The third-order valence-corrected chi connectivity index (χ3v) is 6.82. The van der Waals surface area contributed by atoms with Crippen LogP contribution in [0.5, 0.6) is 0 Å². The molecule has 3 aromatic rings. The number of aromatic amines is 1. The van der Waals surface area contributed by atoms with Gasteiger partial charge in [-0.05, 0) is 50.1 Å². The van der Waals surface area contributed by atoms with Gasteiger partial charge in [0.25, 0.3) is 0 Å². The quantitative estimate of drug-likeness (QED) is 0.568. The molecule has 1 amide bonds. The number of thiophene rings is 1. The van der Waals surface area contributed by atoms with Crippen molar-refractivity contribution in [2.45, 2.75) is 38.3 Å². The van der Waals surface area contributed by atoms with E-state index in [0.29, 0.717) is 6.42 Å². The second kappa shape index (κ2) is 9.02. The Morgan fingerprint density at radius 2 is 2.13 bits per heavy atom. The van der Waals surface area contributed by atoms with Crippen LogP contribution in [0, 0.1) is 6.92 Å². The van der Waals surface area contributed by atoms with Gasteiger partial charge in [-0.3, -0.25) is 9.69 Å². The summed E-state index contributed by atoms with van der Waals surface area (Å²) in [7, 11) is 1.35. The molecular weight excluding hydrogens is 398 g/mol. The number of rotatable bonds is 7. The highest BCUT2D eigenvalue weighted by atomic mass is 32.1. The van der Waals surface area contributed by atoms with Crippen LogP contribution in [0.15, 0.2) is 42.6 Å². The van der Waals surface area contributed by atoms with Crippen molar-refractivity contribution in [3.05, 3.63) is 57.9 Å². The molecule has 0 bridgehead atoms. The average molecular weight is 426 g/mol. The van der Waals surface area contributed by atoms with E-state index in [1.54, 1.807) is 11.3 Å². The lowest BCUT2D eigenvalue weighted by molar-refractivity contribution is -0.145. The number of aromatic nitrogens is 1. The number of amides is 1. The molecule has 158 valence electrons. The van der Waals surface area contributed by atoms with E-state index in [1.807, 2.05) is 30.5 Å². The van der Waals surface area contributed by atoms with Gasteiger partial charge in [-0.25, -0.2) is 4.79 Å². The number of likely N-dealkylation sites (tertiary alicyclic amines) is 1. The van der Waals surface area contributed by atoms with Crippen LogP contribution in [0.25, 0.3) is 10.9 Å². The number of ether oxygens (including phenoxy) is 1. The van der Waals surface area contributed by atoms with E-state index in [2.05, 4.69) is 34.3 Å². The Morgan fingerprint density at radius 3 is 2.90 bits per heavy atom. The van der Waals surface area contributed by atoms with Crippen molar-refractivity contribution in [3.8, 4) is 0 Å². The van der Waals surface area contributed by atoms with Gasteiger partial charge in [-0.15, -0.1) is 11.3 Å². The first-order chi connectivity index (χ1) is 14.5. The summed E-state index contributed by atoms with van der Waals surface area (Å²) in [6.07, 6.45) is 4.41. The lowest BCUT2D eigenvalue weighted by Gasteiger charge is -2.24. The highest BCUT2D eigenvalue weighted by Crippen LogP contribution is 2.35. The fourth-order valence-electron chi connectivity index (χ4n) is 4.25. The van der Waals surface area contributed by atoms with E-state index in [9.17, 15) is 9.59 Å². The van der Waals surface area contributed by atoms with Crippen molar-refractivity contribution < 1.29 is 14.3 Å². The second-order valence-corrected chi connectivity index (χ2v) is 9.10. The maximum Gasteiger partial charge on any atom is 0.328 e. The summed E-state index contributed by atoms with van der Waals surface area (Å²) in [4.78, 5) is 33.2. The van der Waals surface area contributed by atoms with Gasteiger partial charge in [0, 0.05) is 39.3 Å². The van der Waals surface area contributed by atoms with Gasteiger partial charge in [0.2, 0.25) is 5.91 Å². The summed E-state index contributed by atoms with van der Waals surface area (Å²) < 4.78 is 4.96. The third kappa shape index (κ3) is 4.42. The summed E-state index contributed by atoms with van der Waals surface area (Å²) in [6, 6.07) is 11.8. The van der Waals surface area contributed by atoms with E-state index in [-0.39, 0.29) is 18.5 Å². The Balaban J connectivity index is 1.44. The van der Waals surface area contributed by atoms with E-state index < -0.39 is 12.0 Å². The molecule has 7 heteroatoms. The number of methoxy groups -OCH3 is 1. The molecule has 0 radical (unpaired) electrons. The fourth-order valence-corrected chi connectivity index (χ4v) is 5.30. The van der Waals surface area contributed by atoms with E-state index in [0.717, 1.165) is 35.9 Å². The number of H-pyrrole nitrogens is 1. The first-order valence-corrected chi connectivity index (χ1v) is 11.1. The largest absolute Gasteiger partial charge is 0.467 e. The molecule has 0 aliphatic carbocycles. The molecule has 1 saturated heterocycles. The zero-order valence-electron chi connectivity index (χ0n) is 17.3. The van der Waals surface area contributed by atoms with Gasteiger partial charge in [0.15, 0.2) is 0 Å². The number of aryl methyl sites for hydroxylation is 1. The first kappa shape index (κ1) is 20.6. The van der Waals surface area contributed by atoms with Crippen LogP contribution in [0.2, 0.25) is 0 Å². The average Bonchev–Trinajstić information content (AvgIpc) is 3.47. The van der Waals surface area contributed by atoms with Crippen molar-refractivity contribution in [1.82, 2.24) is 15.2 Å². The zero-order chi connectivity index (χ0) is 21.1. The highest BCUT2D eigenvalue weighted by molar-refractivity contribution is 7.12. The van der Waals surface area contributed by atoms with Crippen LogP contribution in [-0.4, -0.2) is 48.0 Å². The minimum absolute atomic E-state index is 0.148. The van der Waals surface area contributed by atoms with Crippen molar-refractivity contribution in [1.29, 1.82) is 0 Å². The van der Waals surface area contributed by atoms with E-state index in [1.165, 1.54) is 16.9 Å². The number of hydrogen-bond donors (Lipinski definition) is 2. The molecule has 1 aliphatic rings. The summed E-state index contributed by atoms with van der Waals surface area (Å²) in [5.74, 6) is -0.578. The van der Waals surface area contributed by atoms with Gasteiger partial charge in [0.05, 0.1) is 13.7 Å². The molecule has 3 heterocycles. The van der Waals surface area contributed by atoms with Crippen LogP contribution < -0.4 is 5.32 Å². The highest BCUT2D eigenvalue weighted by Gasteiger charge is 2.30. The number of fused-ring (bicyclic) bond motifs is 1. The maximum atomic E-state index is 12.8. The summed E-state index contributed by atoms with van der Waals surface area (Å²) >= 11 is 1.79. The summed E-state index contributed by atoms with van der Waals surface area (Å²) in [5.41, 5.74) is 1.99. The van der Waals surface area contributed by atoms with Gasteiger partial charge in [0.1, 0.15) is 6.04 Å². The van der Waals surface area contributed by atoms with E-state index in [4.69, 9.17) is 4.74 Å². The molecule has 1 aromatic carbocycles. The molecule has 1 aliphatic heterocycles. The number of para-hydroxylation sites is 1. The Bertz CT molecular complexity index is 1040. The van der Waals surface area contributed by atoms with Gasteiger partial charge >= 0.3 is 5.97 Å².